The first kappa shape index (κ1) is 14.7. The average molecular weight is 274 g/mol. The van der Waals surface area contributed by atoms with Gasteiger partial charge in [0, 0.05) is 18.1 Å². The number of ether oxygens (including phenoxy) is 1. The molecule has 0 amide bonds. The van der Waals surface area contributed by atoms with Crippen molar-refractivity contribution in [3.05, 3.63) is 18.1 Å². The molecular formula is C15H22N4O. The molecule has 1 N–H and O–H groups in total. The second-order valence-electron chi connectivity index (χ2n) is 5.87. The fraction of sp³-hybridized carbons (Fsp3) is 0.667. The van der Waals surface area contributed by atoms with Gasteiger partial charge >= 0.3 is 0 Å². The van der Waals surface area contributed by atoms with E-state index in [4.69, 9.17) is 10.00 Å². The van der Waals surface area contributed by atoms with E-state index in [0.29, 0.717) is 23.7 Å². The topological polar surface area (TPSA) is 70.8 Å². The summed E-state index contributed by atoms with van der Waals surface area (Å²) in [5, 5.41) is 12.1. The summed E-state index contributed by atoms with van der Waals surface area (Å²) in [6.07, 6.45) is 6.67. The van der Waals surface area contributed by atoms with Gasteiger partial charge in [0.1, 0.15) is 11.9 Å². The van der Waals surface area contributed by atoms with Gasteiger partial charge in [0.2, 0.25) is 0 Å². The Bertz CT molecular complexity index is 478. The van der Waals surface area contributed by atoms with Gasteiger partial charge in [-0.05, 0) is 12.8 Å². The fourth-order valence-electron chi connectivity index (χ4n) is 2.42. The van der Waals surface area contributed by atoms with Crippen molar-refractivity contribution in [2.75, 3.05) is 11.9 Å². The summed E-state index contributed by atoms with van der Waals surface area (Å²) in [7, 11) is 0. The first-order valence-electron chi connectivity index (χ1n) is 7.18. The van der Waals surface area contributed by atoms with E-state index < -0.39 is 0 Å². The molecule has 0 radical (unpaired) electrons. The largest absolute Gasteiger partial charge is 0.378 e. The molecule has 1 heterocycles. The maximum atomic E-state index is 8.70. The van der Waals surface area contributed by atoms with Crippen LogP contribution in [0.15, 0.2) is 12.4 Å². The van der Waals surface area contributed by atoms with Gasteiger partial charge in [0.05, 0.1) is 18.5 Å². The van der Waals surface area contributed by atoms with Crippen LogP contribution in [0.25, 0.3) is 0 Å². The third-order valence-corrected chi connectivity index (χ3v) is 4.08. The molecule has 1 aliphatic rings. The Balaban J connectivity index is 1.87. The summed E-state index contributed by atoms with van der Waals surface area (Å²) in [4.78, 5) is 8.22. The molecular weight excluding hydrogens is 252 g/mol. The lowest BCUT2D eigenvalue weighted by molar-refractivity contribution is -0.102. The molecule has 5 nitrogen and oxygen atoms in total. The van der Waals surface area contributed by atoms with Crippen molar-refractivity contribution in [3.8, 4) is 6.07 Å². The Hall–Kier alpha value is -1.67. The summed E-state index contributed by atoms with van der Waals surface area (Å²) in [6, 6.07) is 2.30. The van der Waals surface area contributed by atoms with E-state index in [1.165, 1.54) is 6.20 Å². The summed E-state index contributed by atoms with van der Waals surface area (Å²) in [5.74, 6) is 0.717. The zero-order valence-electron chi connectivity index (χ0n) is 12.4. The van der Waals surface area contributed by atoms with Gasteiger partial charge in [-0.2, -0.15) is 5.26 Å². The van der Waals surface area contributed by atoms with Crippen molar-refractivity contribution in [1.82, 2.24) is 9.97 Å². The van der Waals surface area contributed by atoms with E-state index in [2.05, 4.69) is 36.1 Å². The molecule has 2 rings (SSSR count). The van der Waals surface area contributed by atoms with Crippen LogP contribution in [0.2, 0.25) is 0 Å². The number of hydrogen-bond acceptors (Lipinski definition) is 5. The van der Waals surface area contributed by atoms with Crippen molar-refractivity contribution in [2.24, 2.45) is 5.41 Å². The molecule has 1 aromatic heterocycles. The highest BCUT2D eigenvalue weighted by atomic mass is 16.5. The average Bonchev–Trinajstić information content (AvgIpc) is 2.46. The van der Waals surface area contributed by atoms with Gasteiger partial charge < -0.3 is 10.1 Å². The van der Waals surface area contributed by atoms with E-state index in [1.54, 1.807) is 6.20 Å². The number of aromatic nitrogens is 2. The predicted octanol–water partition coefficient (Wildman–Crippen LogP) is 2.74. The second-order valence-corrected chi connectivity index (χ2v) is 5.87. The van der Waals surface area contributed by atoms with Gasteiger partial charge in [-0.15, -0.1) is 0 Å². The highest BCUT2D eigenvalue weighted by Gasteiger charge is 2.49. The Labute approximate surface area is 120 Å². The standard InChI is InChI=1S/C15H22N4O/c1-4-5-6-20-13-7-12(15(13,2)3)19-14-10-17-11(8-16)9-18-14/h9-10,12-13H,4-7H2,1-3H3,(H,18,19). The first-order valence-corrected chi connectivity index (χ1v) is 7.18. The number of anilines is 1. The summed E-state index contributed by atoms with van der Waals surface area (Å²) < 4.78 is 5.92. The van der Waals surface area contributed by atoms with Crippen LogP contribution in [0, 0.1) is 16.7 Å². The normalized spacial score (nSPS) is 23.7. The number of nitrogens with zero attached hydrogens (tertiary/aromatic N) is 3. The lowest BCUT2D eigenvalue weighted by Gasteiger charge is -2.51. The van der Waals surface area contributed by atoms with Crippen LogP contribution in [0.3, 0.4) is 0 Å². The van der Waals surface area contributed by atoms with Crippen LogP contribution < -0.4 is 5.32 Å². The van der Waals surface area contributed by atoms with E-state index in [9.17, 15) is 0 Å². The maximum Gasteiger partial charge on any atom is 0.158 e. The molecule has 108 valence electrons. The number of nitriles is 1. The molecule has 1 aliphatic carbocycles. The maximum absolute atomic E-state index is 8.70. The molecule has 0 aliphatic heterocycles. The molecule has 2 atom stereocenters. The Morgan fingerprint density at radius 1 is 1.45 bits per heavy atom. The Kier molecular flexibility index (Phi) is 4.56. The fourth-order valence-corrected chi connectivity index (χ4v) is 2.42. The van der Waals surface area contributed by atoms with Gasteiger partial charge in [-0.3, -0.25) is 0 Å². The lowest BCUT2D eigenvalue weighted by atomic mass is 9.64. The molecule has 2 unspecified atom stereocenters. The van der Waals surface area contributed by atoms with E-state index in [1.807, 2.05) is 6.07 Å². The van der Waals surface area contributed by atoms with Crippen molar-refractivity contribution >= 4 is 5.82 Å². The zero-order valence-corrected chi connectivity index (χ0v) is 12.4. The molecule has 0 spiro atoms. The smallest absolute Gasteiger partial charge is 0.158 e. The second kappa shape index (κ2) is 6.19. The van der Waals surface area contributed by atoms with Crippen LogP contribution in [0.1, 0.15) is 45.7 Å². The Morgan fingerprint density at radius 3 is 2.80 bits per heavy atom. The highest BCUT2D eigenvalue weighted by molar-refractivity contribution is 5.36. The third-order valence-electron chi connectivity index (χ3n) is 4.08. The molecule has 1 aromatic rings. The molecule has 0 bridgehead atoms. The first-order chi connectivity index (χ1) is 9.57. The van der Waals surface area contributed by atoms with Gasteiger partial charge in [0.25, 0.3) is 0 Å². The summed E-state index contributed by atoms with van der Waals surface area (Å²) in [6.45, 7) is 7.43. The van der Waals surface area contributed by atoms with E-state index in [0.717, 1.165) is 25.9 Å². The third kappa shape index (κ3) is 3.07. The number of unbranched alkanes of at least 4 members (excludes halogenated alkanes) is 1. The number of hydrogen-bond donors (Lipinski definition) is 1. The lowest BCUT2D eigenvalue weighted by Crippen LogP contribution is -2.58. The summed E-state index contributed by atoms with van der Waals surface area (Å²) >= 11 is 0. The van der Waals surface area contributed by atoms with Crippen molar-refractivity contribution in [2.45, 2.75) is 52.2 Å². The van der Waals surface area contributed by atoms with Crippen molar-refractivity contribution < 1.29 is 4.74 Å². The molecule has 5 heteroatoms. The molecule has 1 saturated carbocycles. The summed E-state index contributed by atoms with van der Waals surface area (Å²) in [5.41, 5.74) is 0.424. The van der Waals surface area contributed by atoms with Crippen LogP contribution in [-0.2, 0) is 4.74 Å². The monoisotopic (exact) mass is 274 g/mol. The number of rotatable bonds is 6. The number of nitrogens with one attached hydrogen (secondary N) is 1. The van der Waals surface area contributed by atoms with Crippen molar-refractivity contribution in [1.29, 1.82) is 5.26 Å². The molecule has 0 aromatic carbocycles. The van der Waals surface area contributed by atoms with E-state index >= 15 is 0 Å². The van der Waals surface area contributed by atoms with Gasteiger partial charge in [-0.1, -0.05) is 27.2 Å². The predicted molar refractivity (Wildman–Crippen MR) is 77.2 cm³/mol. The minimum atomic E-state index is 0.0866. The SMILES string of the molecule is CCCCOC1CC(Nc2cnc(C#N)cn2)C1(C)C. The zero-order chi connectivity index (χ0) is 14.6. The highest BCUT2D eigenvalue weighted by Crippen LogP contribution is 2.44. The van der Waals surface area contributed by atoms with Crippen LogP contribution >= 0.6 is 0 Å². The van der Waals surface area contributed by atoms with Crippen molar-refractivity contribution in [3.63, 3.8) is 0 Å². The Morgan fingerprint density at radius 2 is 2.25 bits per heavy atom. The minimum Gasteiger partial charge on any atom is -0.378 e. The van der Waals surface area contributed by atoms with E-state index in [-0.39, 0.29) is 5.41 Å². The van der Waals surface area contributed by atoms with Crippen LogP contribution in [-0.4, -0.2) is 28.7 Å². The van der Waals surface area contributed by atoms with Gasteiger partial charge in [0.15, 0.2) is 5.69 Å². The minimum absolute atomic E-state index is 0.0866. The molecule has 0 saturated heterocycles. The van der Waals surface area contributed by atoms with Gasteiger partial charge in [-0.25, -0.2) is 9.97 Å². The molecule has 1 fully saturated rings. The quantitative estimate of drug-likeness (QED) is 0.808. The van der Waals surface area contributed by atoms with Crippen LogP contribution in [0.5, 0.6) is 0 Å². The van der Waals surface area contributed by atoms with Crippen LogP contribution in [0.4, 0.5) is 5.82 Å². The molecule has 20 heavy (non-hydrogen) atoms.